The first-order valence-electron chi connectivity index (χ1n) is 4.16. The van der Waals surface area contributed by atoms with Gasteiger partial charge in [-0.2, -0.15) is 0 Å². The molecule has 66 valence electrons. The molecule has 13 heavy (non-hydrogen) atoms. The van der Waals surface area contributed by atoms with Crippen LogP contribution in [0.15, 0.2) is 18.3 Å². The maximum Gasteiger partial charge on any atom is 0.142 e. The second-order valence-electron chi connectivity index (χ2n) is 3.22. The van der Waals surface area contributed by atoms with Gasteiger partial charge < -0.3 is 5.73 Å². The molecule has 0 spiro atoms. The molecule has 0 fully saturated rings. The topological polar surface area (TPSA) is 51.8 Å². The first kappa shape index (κ1) is 7.98. The van der Waals surface area contributed by atoms with Gasteiger partial charge in [-0.25, -0.2) is 4.98 Å². The highest BCUT2D eigenvalue weighted by Gasteiger charge is 1.99. The Balaban J connectivity index is 2.81. The standard InChI is InChI=1S/C10H11N3/c1-6-3-8-9(4-7(6)2)13-10(11)5-12-8/h3-5H,1-2H3,(H2,11,13). The second-order valence-corrected chi connectivity index (χ2v) is 3.22. The molecule has 0 saturated carbocycles. The molecule has 2 rings (SSSR count). The highest BCUT2D eigenvalue weighted by atomic mass is 14.9. The number of hydrogen-bond donors (Lipinski definition) is 1. The van der Waals surface area contributed by atoms with Gasteiger partial charge in [-0.15, -0.1) is 0 Å². The molecule has 1 aromatic heterocycles. The normalized spacial score (nSPS) is 10.6. The molecule has 0 radical (unpaired) electrons. The predicted molar refractivity (Wildman–Crippen MR) is 53.4 cm³/mol. The minimum Gasteiger partial charge on any atom is -0.382 e. The van der Waals surface area contributed by atoms with Crippen molar-refractivity contribution in [1.82, 2.24) is 9.97 Å². The van der Waals surface area contributed by atoms with E-state index in [-0.39, 0.29) is 0 Å². The molecule has 0 atom stereocenters. The number of benzene rings is 1. The molecule has 0 unspecified atom stereocenters. The number of anilines is 1. The molecule has 3 nitrogen and oxygen atoms in total. The SMILES string of the molecule is Cc1cc2ncc(N)nc2cc1C. The highest BCUT2D eigenvalue weighted by Crippen LogP contribution is 2.16. The van der Waals surface area contributed by atoms with Crippen molar-refractivity contribution < 1.29 is 0 Å². The average molecular weight is 173 g/mol. The van der Waals surface area contributed by atoms with Crippen molar-refractivity contribution in [2.24, 2.45) is 0 Å². The zero-order valence-corrected chi connectivity index (χ0v) is 7.70. The Morgan fingerprint density at radius 1 is 1.08 bits per heavy atom. The fourth-order valence-electron chi connectivity index (χ4n) is 1.28. The van der Waals surface area contributed by atoms with E-state index in [2.05, 4.69) is 23.8 Å². The van der Waals surface area contributed by atoms with Gasteiger partial charge in [-0.3, -0.25) is 4.98 Å². The van der Waals surface area contributed by atoms with E-state index in [0.29, 0.717) is 5.82 Å². The first-order valence-corrected chi connectivity index (χ1v) is 4.16. The van der Waals surface area contributed by atoms with E-state index in [0.717, 1.165) is 11.0 Å². The van der Waals surface area contributed by atoms with E-state index >= 15 is 0 Å². The van der Waals surface area contributed by atoms with E-state index in [1.54, 1.807) is 6.20 Å². The van der Waals surface area contributed by atoms with Crippen LogP contribution >= 0.6 is 0 Å². The van der Waals surface area contributed by atoms with Gasteiger partial charge >= 0.3 is 0 Å². The van der Waals surface area contributed by atoms with Crippen LogP contribution in [0.4, 0.5) is 5.82 Å². The number of nitrogens with two attached hydrogens (primary N) is 1. The Morgan fingerprint density at radius 3 is 2.38 bits per heavy atom. The van der Waals surface area contributed by atoms with E-state index in [9.17, 15) is 0 Å². The fraction of sp³-hybridized carbons (Fsp3) is 0.200. The monoisotopic (exact) mass is 173 g/mol. The van der Waals surface area contributed by atoms with Gasteiger partial charge in [-0.05, 0) is 37.1 Å². The summed E-state index contributed by atoms with van der Waals surface area (Å²) in [5.74, 6) is 0.468. The lowest BCUT2D eigenvalue weighted by Gasteiger charge is -2.02. The van der Waals surface area contributed by atoms with Crippen molar-refractivity contribution in [3.05, 3.63) is 29.5 Å². The average Bonchev–Trinajstić information content (AvgIpc) is 2.08. The van der Waals surface area contributed by atoms with Gasteiger partial charge in [0.05, 0.1) is 17.2 Å². The second kappa shape index (κ2) is 2.69. The van der Waals surface area contributed by atoms with E-state index in [4.69, 9.17) is 5.73 Å². The van der Waals surface area contributed by atoms with Crippen LogP contribution in [-0.4, -0.2) is 9.97 Å². The van der Waals surface area contributed by atoms with Crippen molar-refractivity contribution in [3.8, 4) is 0 Å². The van der Waals surface area contributed by atoms with Gasteiger partial charge in [-0.1, -0.05) is 0 Å². The molecule has 1 aromatic carbocycles. The molecule has 2 N–H and O–H groups in total. The van der Waals surface area contributed by atoms with Crippen molar-refractivity contribution in [2.45, 2.75) is 13.8 Å². The molecule has 0 amide bonds. The Kier molecular flexibility index (Phi) is 1.65. The highest BCUT2D eigenvalue weighted by molar-refractivity contribution is 5.77. The molecular weight excluding hydrogens is 162 g/mol. The Bertz CT molecular complexity index is 463. The molecule has 0 bridgehead atoms. The van der Waals surface area contributed by atoms with Crippen LogP contribution in [0, 0.1) is 13.8 Å². The molecule has 0 aliphatic rings. The Hall–Kier alpha value is -1.64. The third-order valence-electron chi connectivity index (χ3n) is 2.18. The summed E-state index contributed by atoms with van der Waals surface area (Å²) >= 11 is 0. The molecule has 0 aliphatic carbocycles. The fourth-order valence-corrected chi connectivity index (χ4v) is 1.28. The number of aromatic nitrogens is 2. The lowest BCUT2D eigenvalue weighted by molar-refractivity contribution is 1.27. The van der Waals surface area contributed by atoms with E-state index < -0.39 is 0 Å². The number of rotatable bonds is 0. The zero-order valence-electron chi connectivity index (χ0n) is 7.70. The van der Waals surface area contributed by atoms with Crippen LogP contribution in [0.3, 0.4) is 0 Å². The van der Waals surface area contributed by atoms with Gasteiger partial charge in [0, 0.05) is 0 Å². The van der Waals surface area contributed by atoms with Crippen molar-refractivity contribution in [2.75, 3.05) is 5.73 Å². The van der Waals surface area contributed by atoms with Crippen LogP contribution in [0.2, 0.25) is 0 Å². The third kappa shape index (κ3) is 1.33. The molecule has 3 heteroatoms. The van der Waals surface area contributed by atoms with Crippen molar-refractivity contribution >= 4 is 16.9 Å². The van der Waals surface area contributed by atoms with Crippen molar-refractivity contribution in [3.63, 3.8) is 0 Å². The lowest BCUT2D eigenvalue weighted by Crippen LogP contribution is -1.93. The summed E-state index contributed by atoms with van der Waals surface area (Å²) in [6.07, 6.45) is 1.58. The van der Waals surface area contributed by atoms with Gasteiger partial charge in [0.25, 0.3) is 0 Å². The molecule has 0 saturated heterocycles. The summed E-state index contributed by atoms with van der Waals surface area (Å²) in [6.45, 7) is 4.12. The number of fused-ring (bicyclic) bond motifs is 1. The number of nitrogens with zero attached hydrogens (tertiary/aromatic N) is 2. The number of aryl methyl sites for hydroxylation is 2. The van der Waals surface area contributed by atoms with Crippen LogP contribution in [-0.2, 0) is 0 Å². The summed E-state index contributed by atoms with van der Waals surface area (Å²) in [6, 6.07) is 4.03. The van der Waals surface area contributed by atoms with E-state index in [1.807, 2.05) is 12.1 Å². The molecular formula is C10H11N3. The summed E-state index contributed by atoms with van der Waals surface area (Å²) in [7, 11) is 0. The maximum atomic E-state index is 5.54. The largest absolute Gasteiger partial charge is 0.382 e. The van der Waals surface area contributed by atoms with E-state index in [1.165, 1.54) is 11.1 Å². The van der Waals surface area contributed by atoms with Crippen LogP contribution in [0.25, 0.3) is 11.0 Å². The summed E-state index contributed by atoms with van der Waals surface area (Å²) in [4.78, 5) is 8.39. The van der Waals surface area contributed by atoms with Crippen molar-refractivity contribution in [1.29, 1.82) is 0 Å². The smallest absolute Gasteiger partial charge is 0.142 e. The summed E-state index contributed by atoms with van der Waals surface area (Å²) in [5, 5.41) is 0. The predicted octanol–water partition coefficient (Wildman–Crippen LogP) is 1.83. The summed E-state index contributed by atoms with van der Waals surface area (Å²) in [5.41, 5.74) is 9.75. The number of nitrogen functional groups attached to an aromatic ring is 1. The van der Waals surface area contributed by atoms with Crippen LogP contribution in [0.5, 0.6) is 0 Å². The Labute approximate surface area is 76.6 Å². The molecule has 0 aliphatic heterocycles. The van der Waals surface area contributed by atoms with Crippen LogP contribution in [0.1, 0.15) is 11.1 Å². The first-order chi connectivity index (χ1) is 6.16. The number of hydrogen-bond acceptors (Lipinski definition) is 3. The zero-order chi connectivity index (χ0) is 9.42. The van der Waals surface area contributed by atoms with Gasteiger partial charge in [0.2, 0.25) is 0 Å². The van der Waals surface area contributed by atoms with Gasteiger partial charge in [0.1, 0.15) is 5.82 Å². The van der Waals surface area contributed by atoms with Gasteiger partial charge in [0.15, 0.2) is 0 Å². The third-order valence-corrected chi connectivity index (χ3v) is 2.18. The minimum absolute atomic E-state index is 0.468. The molecule has 2 aromatic rings. The molecule has 1 heterocycles. The minimum atomic E-state index is 0.468. The Morgan fingerprint density at radius 2 is 1.69 bits per heavy atom. The lowest BCUT2D eigenvalue weighted by atomic mass is 10.1. The van der Waals surface area contributed by atoms with Crippen LogP contribution < -0.4 is 5.73 Å². The maximum absolute atomic E-state index is 5.54. The quantitative estimate of drug-likeness (QED) is 0.661. The summed E-state index contributed by atoms with van der Waals surface area (Å²) < 4.78 is 0.